The van der Waals surface area contributed by atoms with Gasteiger partial charge in [0.2, 0.25) is 0 Å². The third-order valence-corrected chi connectivity index (χ3v) is 3.98. The zero-order valence-corrected chi connectivity index (χ0v) is 9.65. The lowest BCUT2D eigenvalue weighted by Gasteiger charge is -2.18. The van der Waals surface area contributed by atoms with Crippen LogP contribution in [0.4, 0.5) is 0 Å². The summed E-state index contributed by atoms with van der Waals surface area (Å²) in [5.74, 6) is 1.34. The Morgan fingerprint density at radius 2 is 2.13 bits per heavy atom. The minimum Gasteiger partial charge on any atom is -0.396 e. The quantitative estimate of drug-likeness (QED) is 0.695. The van der Waals surface area contributed by atoms with Crippen LogP contribution in [0.5, 0.6) is 0 Å². The van der Waals surface area contributed by atoms with E-state index in [0.29, 0.717) is 18.6 Å². The molecular formula is C13H23NO. The molecule has 2 N–H and O–H groups in total. The molecule has 0 aromatic rings. The Balaban J connectivity index is 1.73. The van der Waals surface area contributed by atoms with Crippen LogP contribution in [0.2, 0.25) is 0 Å². The summed E-state index contributed by atoms with van der Waals surface area (Å²) < 4.78 is 0. The number of aliphatic hydroxyl groups is 1. The van der Waals surface area contributed by atoms with Gasteiger partial charge in [-0.1, -0.05) is 25.5 Å². The Morgan fingerprint density at radius 1 is 1.27 bits per heavy atom. The monoisotopic (exact) mass is 209 g/mol. The lowest BCUT2D eigenvalue weighted by molar-refractivity contribution is 0.244. The second kappa shape index (κ2) is 5.13. The molecule has 86 valence electrons. The molecule has 15 heavy (non-hydrogen) atoms. The van der Waals surface area contributed by atoms with Crippen LogP contribution in [0.25, 0.3) is 0 Å². The molecule has 2 aliphatic rings. The largest absolute Gasteiger partial charge is 0.396 e. The first-order valence-corrected chi connectivity index (χ1v) is 6.37. The highest BCUT2D eigenvalue weighted by atomic mass is 16.3. The highest BCUT2D eigenvalue weighted by Gasteiger charge is 2.26. The fourth-order valence-corrected chi connectivity index (χ4v) is 2.93. The van der Waals surface area contributed by atoms with Crippen molar-refractivity contribution in [1.29, 1.82) is 0 Å². The van der Waals surface area contributed by atoms with E-state index in [1.54, 1.807) is 0 Å². The highest BCUT2D eigenvalue weighted by molar-refractivity contribution is 5.06. The van der Waals surface area contributed by atoms with E-state index >= 15 is 0 Å². The Bertz CT molecular complexity index is 227. The molecular weight excluding hydrogens is 186 g/mol. The molecule has 0 aromatic heterocycles. The van der Waals surface area contributed by atoms with Crippen LogP contribution in [0, 0.1) is 11.8 Å². The van der Waals surface area contributed by atoms with E-state index in [-0.39, 0.29) is 0 Å². The van der Waals surface area contributed by atoms with Gasteiger partial charge in [0.1, 0.15) is 0 Å². The van der Waals surface area contributed by atoms with Gasteiger partial charge >= 0.3 is 0 Å². The summed E-state index contributed by atoms with van der Waals surface area (Å²) in [4.78, 5) is 0. The van der Waals surface area contributed by atoms with Gasteiger partial charge in [-0.25, -0.2) is 0 Å². The lowest BCUT2D eigenvalue weighted by atomic mass is 10.0. The van der Waals surface area contributed by atoms with Crippen LogP contribution >= 0.6 is 0 Å². The molecule has 4 atom stereocenters. The SMILES string of the molecule is CC[C@H]1CC[C@H](N[C@@H]2C=C[C@H](CO)C2)C1. The minimum absolute atomic E-state index is 0.303. The first kappa shape index (κ1) is 11.2. The van der Waals surface area contributed by atoms with Crippen LogP contribution in [-0.4, -0.2) is 23.8 Å². The Labute approximate surface area is 92.8 Å². The smallest absolute Gasteiger partial charge is 0.0494 e. The number of hydrogen-bond donors (Lipinski definition) is 2. The molecule has 0 radical (unpaired) electrons. The van der Waals surface area contributed by atoms with Gasteiger partial charge in [0.05, 0.1) is 0 Å². The summed E-state index contributed by atoms with van der Waals surface area (Å²) in [7, 11) is 0. The molecule has 2 nitrogen and oxygen atoms in total. The van der Waals surface area contributed by atoms with Crippen molar-refractivity contribution >= 4 is 0 Å². The summed E-state index contributed by atoms with van der Waals surface area (Å²) >= 11 is 0. The fraction of sp³-hybridized carbons (Fsp3) is 0.846. The first-order valence-electron chi connectivity index (χ1n) is 6.37. The fourth-order valence-electron chi connectivity index (χ4n) is 2.93. The average Bonchev–Trinajstić information content (AvgIpc) is 2.87. The second-order valence-corrected chi connectivity index (χ2v) is 5.12. The van der Waals surface area contributed by atoms with E-state index in [2.05, 4.69) is 24.4 Å². The molecule has 2 heteroatoms. The van der Waals surface area contributed by atoms with Gasteiger partial charge in [0, 0.05) is 24.6 Å². The van der Waals surface area contributed by atoms with Crippen molar-refractivity contribution in [2.75, 3.05) is 6.61 Å². The van der Waals surface area contributed by atoms with Crippen LogP contribution < -0.4 is 5.32 Å². The van der Waals surface area contributed by atoms with Crippen LogP contribution in [-0.2, 0) is 0 Å². The predicted octanol–water partition coefficient (Wildman–Crippen LogP) is 2.09. The van der Waals surface area contributed by atoms with E-state index in [1.165, 1.54) is 25.7 Å². The van der Waals surface area contributed by atoms with E-state index in [4.69, 9.17) is 5.11 Å². The molecule has 0 bridgehead atoms. The summed E-state index contributed by atoms with van der Waals surface area (Å²) in [6.07, 6.45) is 10.9. The van der Waals surface area contributed by atoms with Gasteiger partial charge in [-0.15, -0.1) is 0 Å². The van der Waals surface area contributed by atoms with Gasteiger partial charge in [-0.05, 0) is 31.6 Å². The maximum absolute atomic E-state index is 9.05. The van der Waals surface area contributed by atoms with Crippen LogP contribution in [0.1, 0.15) is 39.0 Å². The van der Waals surface area contributed by atoms with E-state index in [9.17, 15) is 0 Å². The van der Waals surface area contributed by atoms with Gasteiger partial charge in [-0.3, -0.25) is 0 Å². The van der Waals surface area contributed by atoms with Crippen molar-refractivity contribution in [3.8, 4) is 0 Å². The van der Waals surface area contributed by atoms with Crippen molar-refractivity contribution in [2.45, 2.75) is 51.1 Å². The average molecular weight is 209 g/mol. The predicted molar refractivity (Wildman–Crippen MR) is 62.7 cm³/mol. The molecule has 1 fully saturated rings. The van der Waals surface area contributed by atoms with E-state index in [1.807, 2.05) is 0 Å². The summed E-state index contributed by atoms with van der Waals surface area (Å²) in [6.45, 7) is 2.60. The minimum atomic E-state index is 0.303. The van der Waals surface area contributed by atoms with Gasteiger partial charge in [0.25, 0.3) is 0 Å². The first-order chi connectivity index (χ1) is 7.31. The molecule has 0 aromatic carbocycles. The zero-order valence-electron chi connectivity index (χ0n) is 9.65. The van der Waals surface area contributed by atoms with Crippen molar-refractivity contribution in [1.82, 2.24) is 5.32 Å². The number of nitrogens with one attached hydrogen (secondary N) is 1. The molecule has 2 rings (SSSR count). The van der Waals surface area contributed by atoms with Crippen molar-refractivity contribution < 1.29 is 5.11 Å². The summed E-state index contributed by atoms with van der Waals surface area (Å²) in [5, 5.41) is 12.8. The Morgan fingerprint density at radius 3 is 2.73 bits per heavy atom. The van der Waals surface area contributed by atoms with Gasteiger partial charge in [-0.2, -0.15) is 0 Å². The van der Waals surface area contributed by atoms with Crippen LogP contribution in [0.3, 0.4) is 0 Å². The highest BCUT2D eigenvalue weighted by Crippen LogP contribution is 2.29. The Hall–Kier alpha value is -0.340. The molecule has 0 amide bonds. The molecule has 0 aliphatic heterocycles. The van der Waals surface area contributed by atoms with Crippen molar-refractivity contribution in [3.63, 3.8) is 0 Å². The normalized spacial score (nSPS) is 40.1. The lowest BCUT2D eigenvalue weighted by Crippen LogP contribution is -2.35. The second-order valence-electron chi connectivity index (χ2n) is 5.12. The maximum atomic E-state index is 9.05. The topological polar surface area (TPSA) is 32.3 Å². The molecule has 2 aliphatic carbocycles. The van der Waals surface area contributed by atoms with Crippen molar-refractivity contribution in [3.05, 3.63) is 12.2 Å². The maximum Gasteiger partial charge on any atom is 0.0494 e. The standard InChI is InChI=1S/C13H23NO/c1-2-10-3-5-12(7-10)14-13-6-4-11(8-13)9-15/h4,6,10-15H,2-3,5,7-9H2,1H3/t10-,11-,12-,13+/m0/s1. The number of aliphatic hydroxyl groups excluding tert-OH is 1. The molecule has 1 saturated carbocycles. The van der Waals surface area contributed by atoms with Gasteiger partial charge in [0.15, 0.2) is 0 Å². The third kappa shape index (κ3) is 2.82. The summed E-state index contributed by atoms with van der Waals surface area (Å²) in [5.41, 5.74) is 0. The Kier molecular flexibility index (Phi) is 3.81. The van der Waals surface area contributed by atoms with Crippen LogP contribution in [0.15, 0.2) is 12.2 Å². The van der Waals surface area contributed by atoms with Crippen molar-refractivity contribution in [2.24, 2.45) is 11.8 Å². The number of hydrogen-bond acceptors (Lipinski definition) is 2. The molecule has 0 spiro atoms. The summed E-state index contributed by atoms with van der Waals surface area (Å²) in [6, 6.07) is 1.24. The van der Waals surface area contributed by atoms with E-state index in [0.717, 1.165) is 18.4 Å². The molecule has 0 heterocycles. The third-order valence-electron chi connectivity index (χ3n) is 3.98. The molecule has 0 unspecified atom stereocenters. The number of rotatable bonds is 4. The van der Waals surface area contributed by atoms with E-state index < -0.39 is 0 Å². The molecule has 0 saturated heterocycles. The zero-order chi connectivity index (χ0) is 10.7. The van der Waals surface area contributed by atoms with Gasteiger partial charge < -0.3 is 10.4 Å².